The zero-order chi connectivity index (χ0) is 22.8. The Hall–Kier alpha value is -4.17. The number of fused-ring (bicyclic) bond motifs is 1. The standard InChI is InChI=1S/C24H22N4O4/c1-14-4-3-5-17(10-14)19-13-28(2)24(31)21-18(19)11-20(26-21)23(30)25-12-15-6-8-16(9-7-15)22(29)27-32/h3-11,13,26,32H,12H2,1-2H3,(H,25,30)(H,27,29). The van der Waals surface area contributed by atoms with Crippen LogP contribution in [-0.2, 0) is 13.6 Å². The molecule has 0 unspecified atom stereocenters. The zero-order valence-electron chi connectivity index (χ0n) is 17.6. The first-order valence-electron chi connectivity index (χ1n) is 9.98. The van der Waals surface area contributed by atoms with Crippen LogP contribution >= 0.6 is 0 Å². The van der Waals surface area contributed by atoms with Crippen molar-refractivity contribution in [3.63, 3.8) is 0 Å². The van der Waals surface area contributed by atoms with E-state index in [1.807, 2.05) is 31.2 Å². The maximum Gasteiger partial charge on any atom is 0.274 e. The normalized spacial score (nSPS) is 10.8. The molecular weight excluding hydrogens is 408 g/mol. The predicted octanol–water partition coefficient (Wildman–Crippen LogP) is 2.89. The highest BCUT2D eigenvalue weighted by Crippen LogP contribution is 2.28. The van der Waals surface area contributed by atoms with Crippen molar-refractivity contribution in [1.82, 2.24) is 20.3 Å². The van der Waals surface area contributed by atoms with Gasteiger partial charge >= 0.3 is 0 Å². The van der Waals surface area contributed by atoms with E-state index < -0.39 is 5.91 Å². The van der Waals surface area contributed by atoms with Crippen LogP contribution in [0.3, 0.4) is 0 Å². The third kappa shape index (κ3) is 4.03. The Bertz CT molecular complexity index is 1380. The lowest BCUT2D eigenvalue weighted by Crippen LogP contribution is -2.23. The second-order valence-electron chi connectivity index (χ2n) is 7.62. The van der Waals surface area contributed by atoms with E-state index in [1.54, 1.807) is 49.1 Å². The molecule has 0 aliphatic rings. The number of hydroxylamine groups is 1. The molecule has 8 heteroatoms. The van der Waals surface area contributed by atoms with Crippen LogP contribution in [0.15, 0.2) is 65.6 Å². The highest BCUT2D eigenvalue weighted by atomic mass is 16.5. The van der Waals surface area contributed by atoms with Gasteiger partial charge in [-0.05, 0) is 36.2 Å². The molecule has 4 N–H and O–H groups in total. The minimum atomic E-state index is -0.607. The molecule has 4 rings (SSSR count). The summed E-state index contributed by atoms with van der Waals surface area (Å²) >= 11 is 0. The highest BCUT2D eigenvalue weighted by Gasteiger charge is 2.16. The number of hydrogen-bond acceptors (Lipinski definition) is 4. The Labute approximate surface area is 183 Å². The minimum Gasteiger partial charge on any atom is -0.347 e. The number of aromatic nitrogens is 2. The van der Waals surface area contributed by atoms with E-state index >= 15 is 0 Å². The Morgan fingerprint density at radius 1 is 1.06 bits per heavy atom. The van der Waals surface area contributed by atoms with E-state index in [1.165, 1.54) is 4.57 Å². The molecule has 0 spiro atoms. The molecule has 0 saturated heterocycles. The van der Waals surface area contributed by atoms with Gasteiger partial charge in [-0.3, -0.25) is 19.6 Å². The summed E-state index contributed by atoms with van der Waals surface area (Å²) in [5.41, 5.74) is 6.02. The van der Waals surface area contributed by atoms with Gasteiger partial charge in [-0.25, -0.2) is 5.48 Å². The molecule has 0 radical (unpaired) electrons. The average Bonchev–Trinajstić information content (AvgIpc) is 3.25. The molecule has 0 aliphatic heterocycles. The van der Waals surface area contributed by atoms with Crippen LogP contribution in [-0.4, -0.2) is 26.6 Å². The van der Waals surface area contributed by atoms with E-state index in [9.17, 15) is 14.4 Å². The summed E-state index contributed by atoms with van der Waals surface area (Å²) in [5.74, 6) is -0.958. The summed E-state index contributed by atoms with van der Waals surface area (Å²) in [7, 11) is 1.68. The van der Waals surface area contributed by atoms with Gasteiger partial charge in [-0.1, -0.05) is 42.0 Å². The van der Waals surface area contributed by atoms with E-state index in [0.717, 1.165) is 22.3 Å². The quantitative estimate of drug-likeness (QED) is 0.288. The number of H-pyrrole nitrogens is 1. The lowest BCUT2D eigenvalue weighted by Gasteiger charge is -2.07. The maximum absolute atomic E-state index is 12.8. The van der Waals surface area contributed by atoms with Gasteiger partial charge in [0.25, 0.3) is 17.4 Å². The van der Waals surface area contributed by atoms with Gasteiger partial charge in [0.2, 0.25) is 0 Å². The van der Waals surface area contributed by atoms with Crippen LogP contribution in [0.5, 0.6) is 0 Å². The zero-order valence-corrected chi connectivity index (χ0v) is 17.6. The van der Waals surface area contributed by atoms with E-state index in [-0.39, 0.29) is 23.7 Å². The number of benzene rings is 2. The molecule has 0 saturated carbocycles. The maximum atomic E-state index is 12.8. The van der Waals surface area contributed by atoms with Gasteiger partial charge in [0.15, 0.2) is 0 Å². The Balaban J connectivity index is 1.61. The third-order valence-electron chi connectivity index (χ3n) is 5.31. The van der Waals surface area contributed by atoms with Crippen molar-refractivity contribution in [3.8, 4) is 11.1 Å². The van der Waals surface area contributed by atoms with Crippen LogP contribution in [0.1, 0.15) is 32.0 Å². The Kier molecular flexibility index (Phi) is 5.61. The van der Waals surface area contributed by atoms with Crippen molar-refractivity contribution in [3.05, 3.63) is 93.5 Å². The Morgan fingerprint density at radius 3 is 2.50 bits per heavy atom. The molecule has 2 heterocycles. The van der Waals surface area contributed by atoms with E-state index in [4.69, 9.17) is 5.21 Å². The molecule has 8 nitrogen and oxygen atoms in total. The van der Waals surface area contributed by atoms with Crippen molar-refractivity contribution in [1.29, 1.82) is 0 Å². The van der Waals surface area contributed by atoms with E-state index in [2.05, 4.69) is 10.3 Å². The summed E-state index contributed by atoms with van der Waals surface area (Å²) in [6.45, 7) is 2.24. The molecular formula is C24H22N4O4. The van der Waals surface area contributed by atoms with Gasteiger partial charge < -0.3 is 14.9 Å². The molecule has 0 bridgehead atoms. The summed E-state index contributed by atoms with van der Waals surface area (Å²) in [4.78, 5) is 39.8. The fourth-order valence-corrected chi connectivity index (χ4v) is 3.61. The monoisotopic (exact) mass is 430 g/mol. The number of carbonyl (C=O) groups excluding carboxylic acids is 2. The molecule has 2 aromatic heterocycles. The van der Waals surface area contributed by atoms with Crippen LogP contribution in [0.4, 0.5) is 0 Å². The second kappa shape index (κ2) is 8.52. The average molecular weight is 430 g/mol. The molecule has 0 aliphatic carbocycles. The number of carbonyl (C=O) groups is 2. The van der Waals surface area contributed by atoms with Crippen molar-refractivity contribution >= 4 is 22.7 Å². The predicted molar refractivity (Wildman–Crippen MR) is 121 cm³/mol. The van der Waals surface area contributed by atoms with Gasteiger partial charge in [0.1, 0.15) is 11.2 Å². The first-order chi connectivity index (χ1) is 15.4. The smallest absolute Gasteiger partial charge is 0.274 e. The number of amides is 2. The van der Waals surface area contributed by atoms with Crippen LogP contribution in [0.25, 0.3) is 22.0 Å². The summed E-state index contributed by atoms with van der Waals surface area (Å²) < 4.78 is 1.50. The molecule has 4 aromatic rings. The summed E-state index contributed by atoms with van der Waals surface area (Å²) in [6.07, 6.45) is 1.78. The van der Waals surface area contributed by atoms with Crippen molar-refractivity contribution < 1.29 is 14.8 Å². The molecule has 2 aromatic carbocycles. The summed E-state index contributed by atoms with van der Waals surface area (Å²) in [5, 5.41) is 12.2. The van der Waals surface area contributed by atoms with Gasteiger partial charge in [0.05, 0.1) is 0 Å². The highest BCUT2D eigenvalue weighted by molar-refractivity contribution is 6.02. The summed E-state index contributed by atoms with van der Waals surface area (Å²) in [6, 6.07) is 16.1. The van der Waals surface area contributed by atoms with Gasteiger partial charge in [-0.15, -0.1) is 0 Å². The molecule has 2 amide bonds. The number of pyridine rings is 1. The number of rotatable bonds is 5. The second-order valence-corrected chi connectivity index (χ2v) is 7.62. The minimum absolute atomic E-state index is 0.215. The molecule has 162 valence electrons. The fraction of sp³-hybridized carbons (Fsp3) is 0.125. The largest absolute Gasteiger partial charge is 0.347 e. The molecule has 0 atom stereocenters. The topological polar surface area (TPSA) is 116 Å². The van der Waals surface area contributed by atoms with Crippen LogP contribution < -0.4 is 16.4 Å². The van der Waals surface area contributed by atoms with Crippen LogP contribution in [0.2, 0.25) is 0 Å². The first-order valence-corrected chi connectivity index (χ1v) is 9.98. The third-order valence-corrected chi connectivity index (χ3v) is 5.31. The van der Waals surface area contributed by atoms with Crippen molar-refractivity contribution in [2.75, 3.05) is 0 Å². The lowest BCUT2D eigenvalue weighted by atomic mass is 10.0. The van der Waals surface area contributed by atoms with Crippen molar-refractivity contribution in [2.45, 2.75) is 13.5 Å². The SMILES string of the molecule is Cc1cccc(-c2cn(C)c(=O)c3[nH]c(C(=O)NCc4ccc(C(=O)NO)cc4)cc23)c1. The number of hydrogen-bond donors (Lipinski definition) is 4. The van der Waals surface area contributed by atoms with E-state index in [0.29, 0.717) is 16.5 Å². The molecule has 0 fully saturated rings. The Morgan fingerprint density at radius 2 is 1.81 bits per heavy atom. The lowest BCUT2D eigenvalue weighted by molar-refractivity contribution is 0.0706. The fourth-order valence-electron chi connectivity index (χ4n) is 3.61. The number of aromatic amines is 1. The van der Waals surface area contributed by atoms with Gasteiger partial charge in [0, 0.05) is 36.3 Å². The first kappa shape index (κ1) is 21.1. The number of nitrogens with one attached hydrogen (secondary N) is 3. The van der Waals surface area contributed by atoms with Crippen LogP contribution in [0, 0.1) is 6.92 Å². The number of nitrogens with zero attached hydrogens (tertiary/aromatic N) is 1. The number of aryl methyl sites for hydroxylation is 2. The van der Waals surface area contributed by atoms with Crippen molar-refractivity contribution in [2.24, 2.45) is 7.05 Å². The molecule has 32 heavy (non-hydrogen) atoms. The van der Waals surface area contributed by atoms with Gasteiger partial charge in [-0.2, -0.15) is 0 Å².